The molecule has 1 aromatic heterocycles. The summed E-state index contributed by atoms with van der Waals surface area (Å²) in [5, 5.41) is 0.739. The van der Waals surface area contributed by atoms with E-state index in [2.05, 4.69) is 22.9 Å². The van der Waals surface area contributed by atoms with Gasteiger partial charge in [-0.2, -0.15) is 0 Å². The first-order valence-corrected chi connectivity index (χ1v) is 11.4. The van der Waals surface area contributed by atoms with Crippen molar-refractivity contribution in [1.29, 1.82) is 0 Å². The van der Waals surface area contributed by atoms with Gasteiger partial charge in [0.2, 0.25) is 0 Å². The molecule has 4 nitrogen and oxygen atoms in total. The zero-order chi connectivity index (χ0) is 21.5. The van der Waals surface area contributed by atoms with Crippen LogP contribution < -0.4 is 4.74 Å². The highest BCUT2D eigenvalue weighted by molar-refractivity contribution is 6.30. The summed E-state index contributed by atoms with van der Waals surface area (Å²) in [6.45, 7) is 1.39. The Morgan fingerprint density at radius 3 is 2.58 bits per heavy atom. The Hall–Kier alpha value is -2.72. The lowest BCUT2D eigenvalue weighted by Crippen LogP contribution is -2.43. The Morgan fingerprint density at radius 1 is 1.00 bits per heavy atom. The number of carbonyl (C=O) groups is 1. The number of carbonyl (C=O) groups excluding carboxylic acids is 1. The Bertz CT molecular complexity index is 980. The number of hydrogen-bond donors (Lipinski definition) is 0. The molecule has 1 aliphatic carbocycles. The van der Waals surface area contributed by atoms with E-state index in [4.69, 9.17) is 16.3 Å². The summed E-state index contributed by atoms with van der Waals surface area (Å²) < 4.78 is 7.99. The molecule has 1 amide bonds. The van der Waals surface area contributed by atoms with Crippen LogP contribution in [0.1, 0.15) is 43.4 Å². The van der Waals surface area contributed by atoms with Crippen LogP contribution in [0.2, 0.25) is 5.02 Å². The summed E-state index contributed by atoms with van der Waals surface area (Å²) in [4.78, 5) is 15.3. The summed E-state index contributed by atoms with van der Waals surface area (Å²) in [5.74, 6) is 0.773. The number of rotatable bonds is 8. The van der Waals surface area contributed by atoms with E-state index in [9.17, 15) is 4.79 Å². The standard InChI is InChI=1S/C26H29ClN2O2/c27-22-10-7-9-21(17-22)18-28-16-8-13-24(28)19-29(23-11-3-1-4-12-23)26(30)20-31-25-14-5-2-6-15-25/h2,5-10,13-17,23H,1,3-4,11-12,18-20H2. The van der Waals surface area contributed by atoms with Crippen molar-refractivity contribution in [3.63, 3.8) is 0 Å². The van der Waals surface area contributed by atoms with E-state index in [0.717, 1.165) is 41.4 Å². The molecular formula is C26H29ClN2O2. The van der Waals surface area contributed by atoms with E-state index in [-0.39, 0.29) is 18.6 Å². The molecular weight excluding hydrogens is 408 g/mol. The third-order valence-corrected chi connectivity index (χ3v) is 6.17. The van der Waals surface area contributed by atoms with Gasteiger partial charge in [0, 0.05) is 29.5 Å². The van der Waals surface area contributed by atoms with Crippen molar-refractivity contribution in [2.24, 2.45) is 0 Å². The van der Waals surface area contributed by atoms with E-state index < -0.39 is 0 Å². The molecule has 2 aromatic carbocycles. The van der Waals surface area contributed by atoms with Gasteiger partial charge < -0.3 is 14.2 Å². The van der Waals surface area contributed by atoms with Crippen LogP contribution in [-0.2, 0) is 17.9 Å². The summed E-state index contributed by atoms with van der Waals surface area (Å²) in [5.41, 5.74) is 2.27. The molecule has 0 saturated heterocycles. The first-order chi connectivity index (χ1) is 15.2. The van der Waals surface area contributed by atoms with E-state index in [0.29, 0.717) is 6.54 Å². The van der Waals surface area contributed by atoms with Gasteiger partial charge in [0.15, 0.2) is 6.61 Å². The van der Waals surface area contributed by atoms with Gasteiger partial charge in [0.25, 0.3) is 5.91 Å². The van der Waals surface area contributed by atoms with Crippen molar-refractivity contribution in [1.82, 2.24) is 9.47 Å². The van der Waals surface area contributed by atoms with Crippen molar-refractivity contribution >= 4 is 17.5 Å². The maximum absolute atomic E-state index is 13.2. The lowest BCUT2D eigenvalue weighted by molar-refractivity contribution is -0.137. The summed E-state index contributed by atoms with van der Waals surface area (Å²) >= 11 is 6.16. The van der Waals surface area contributed by atoms with Gasteiger partial charge in [-0.3, -0.25) is 4.79 Å². The number of hydrogen-bond acceptors (Lipinski definition) is 2. The minimum absolute atomic E-state index is 0.0475. The molecule has 1 fully saturated rings. The molecule has 0 N–H and O–H groups in total. The van der Waals surface area contributed by atoms with Gasteiger partial charge in [-0.05, 0) is 54.8 Å². The molecule has 0 spiro atoms. The maximum atomic E-state index is 13.2. The topological polar surface area (TPSA) is 34.5 Å². The second-order valence-corrected chi connectivity index (χ2v) is 8.61. The lowest BCUT2D eigenvalue weighted by Gasteiger charge is -2.34. The highest BCUT2D eigenvalue weighted by Crippen LogP contribution is 2.25. The number of nitrogens with zero attached hydrogens (tertiary/aromatic N) is 2. The SMILES string of the molecule is O=C(COc1ccccc1)N(Cc1cccn1Cc1cccc(Cl)c1)C1CCCCC1. The molecule has 3 aromatic rings. The molecule has 1 aliphatic rings. The zero-order valence-electron chi connectivity index (χ0n) is 17.8. The molecule has 31 heavy (non-hydrogen) atoms. The maximum Gasteiger partial charge on any atom is 0.261 e. The highest BCUT2D eigenvalue weighted by atomic mass is 35.5. The van der Waals surface area contributed by atoms with Crippen LogP contribution in [0.25, 0.3) is 0 Å². The number of aromatic nitrogens is 1. The largest absolute Gasteiger partial charge is 0.484 e. The van der Waals surface area contributed by atoms with Crippen LogP contribution in [0.5, 0.6) is 5.75 Å². The van der Waals surface area contributed by atoms with Gasteiger partial charge in [-0.1, -0.05) is 61.2 Å². The Labute approximate surface area is 189 Å². The second kappa shape index (κ2) is 10.5. The number of para-hydroxylation sites is 1. The smallest absolute Gasteiger partial charge is 0.261 e. The molecule has 0 aliphatic heterocycles. The van der Waals surface area contributed by atoms with Crippen molar-refractivity contribution in [3.8, 4) is 5.75 Å². The van der Waals surface area contributed by atoms with Crippen LogP contribution in [0.15, 0.2) is 72.9 Å². The van der Waals surface area contributed by atoms with Gasteiger partial charge >= 0.3 is 0 Å². The molecule has 0 bridgehead atoms. The molecule has 162 valence electrons. The van der Waals surface area contributed by atoms with Gasteiger partial charge in [-0.25, -0.2) is 0 Å². The molecule has 1 heterocycles. The van der Waals surface area contributed by atoms with Gasteiger partial charge in [0.1, 0.15) is 5.75 Å². The predicted octanol–water partition coefficient (Wildman–Crippen LogP) is 5.93. The number of halogens is 1. The molecule has 0 atom stereocenters. The summed E-state index contributed by atoms with van der Waals surface area (Å²) in [6, 6.07) is 21.9. The minimum Gasteiger partial charge on any atom is -0.484 e. The van der Waals surface area contributed by atoms with E-state index in [1.807, 2.05) is 59.5 Å². The first kappa shape index (κ1) is 21.5. The van der Waals surface area contributed by atoms with Crippen LogP contribution >= 0.6 is 11.6 Å². The quantitative estimate of drug-likeness (QED) is 0.438. The molecule has 0 radical (unpaired) electrons. The monoisotopic (exact) mass is 436 g/mol. The van der Waals surface area contributed by atoms with E-state index >= 15 is 0 Å². The van der Waals surface area contributed by atoms with Gasteiger partial charge in [0.05, 0.1) is 6.54 Å². The number of ether oxygens (including phenoxy) is 1. The molecule has 4 rings (SSSR count). The second-order valence-electron chi connectivity index (χ2n) is 8.17. The van der Waals surface area contributed by atoms with Crippen molar-refractivity contribution in [3.05, 3.63) is 89.2 Å². The summed E-state index contributed by atoms with van der Waals surface area (Å²) in [6.07, 6.45) is 7.80. The zero-order valence-corrected chi connectivity index (χ0v) is 18.5. The lowest BCUT2D eigenvalue weighted by atomic mass is 9.94. The Kier molecular flexibility index (Phi) is 7.31. The van der Waals surface area contributed by atoms with Crippen LogP contribution in [-0.4, -0.2) is 28.0 Å². The normalized spacial score (nSPS) is 14.4. The average molecular weight is 437 g/mol. The Balaban J connectivity index is 1.48. The van der Waals surface area contributed by atoms with Crippen LogP contribution in [0.4, 0.5) is 0 Å². The fourth-order valence-electron chi connectivity index (χ4n) is 4.31. The Morgan fingerprint density at radius 2 is 1.81 bits per heavy atom. The number of amides is 1. The molecule has 1 saturated carbocycles. The minimum atomic E-state index is 0.0475. The fourth-order valence-corrected chi connectivity index (χ4v) is 4.53. The fraction of sp³-hybridized carbons (Fsp3) is 0.346. The number of benzene rings is 2. The third-order valence-electron chi connectivity index (χ3n) is 5.94. The molecule has 0 unspecified atom stereocenters. The summed E-state index contributed by atoms with van der Waals surface area (Å²) in [7, 11) is 0. The first-order valence-electron chi connectivity index (χ1n) is 11.0. The average Bonchev–Trinajstić information content (AvgIpc) is 3.23. The predicted molar refractivity (Wildman–Crippen MR) is 124 cm³/mol. The van der Waals surface area contributed by atoms with Gasteiger partial charge in [-0.15, -0.1) is 0 Å². The van der Waals surface area contributed by atoms with Crippen molar-refractivity contribution < 1.29 is 9.53 Å². The van der Waals surface area contributed by atoms with Crippen molar-refractivity contribution in [2.75, 3.05) is 6.61 Å². The van der Waals surface area contributed by atoms with E-state index in [1.54, 1.807) is 0 Å². The van der Waals surface area contributed by atoms with Crippen molar-refractivity contribution in [2.45, 2.75) is 51.2 Å². The third kappa shape index (κ3) is 5.92. The molecule has 5 heteroatoms. The highest BCUT2D eigenvalue weighted by Gasteiger charge is 2.26. The van der Waals surface area contributed by atoms with Crippen LogP contribution in [0.3, 0.4) is 0 Å². The van der Waals surface area contributed by atoms with Crippen LogP contribution in [0, 0.1) is 0 Å². The van der Waals surface area contributed by atoms with E-state index in [1.165, 1.54) is 19.3 Å².